The van der Waals surface area contributed by atoms with Crippen molar-refractivity contribution in [3.05, 3.63) is 52.4 Å². The van der Waals surface area contributed by atoms with E-state index >= 15 is 0 Å². The molecular weight excluding hydrogens is 367 g/mol. The highest BCUT2D eigenvalue weighted by Crippen LogP contribution is 2.37. The van der Waals surface area contributed by atoms with Crippen LogP contribution in [0.2, 0.25) is 5.02 Å². The van der Waals surface area contributed by atoms with E-state index in [9.17, 15) is 23.1 Å². The second-order valence-corrected chi connectivity index (χ2v) is 6.21. The summed E-state index contributed by atoms with van der Waals surface area (Å²) in [6.45, 7) is 1.74. The average molecular weight is 380 g/mol. The lowest BCUT2D eigenvalue weighted by Gasteiger charge is -2.16. The molecule has 4 nitrogen and oxygen atoms in total. The smallest absolute Gasteiger partial charge is 0.417 e. The third kappa shape index (κ3) is 4.18. The van der Waals surface area contributed by atoms with Crippen LogP contribution in [-0.4, -0.2) is 11.1 Å². The van der Waals surface area contributed by atoms with Gasteiger partial charge in [-0.05, 0) is 37.3 Å². The zero-order valence-electron chi connectivity index (χ0n) is 12.3. The number of benzene rings is 1. The minimum atomic E-state index is -4.65. The molecule has 0 fully saturated rings. The molecule has 24 heavy (non-hydrogen) atoms. The molecule has 2 atom stereocenters. The van der Waals surface area contributed by atoms with Gasteiger partial charge in [-0.3, -0.25) is 0 Å². The lowest BCUT2D eigenvalue weighted by atomic mass is 10.1. The Morgan fingerprint density at radius 3 is 2.42 bits per heavy atom. The maximum atomic E-state index is 12.9. The Morgan fingerprint density at radius 1 is 1.29 bits per heavy atom. The van der Waals surface area contributed by atoms with E-state index in [0.29, 0.717) is 5.76 Å². The fourth-order valence-electron chi connectivity index (χ4n) is 2.00. The minimum Gasteiger partial charge on any atom is -0.479 e. The molecule has 2 unspecified atom stereocenters. The number of rotatable bonds is 5. The van der Waals surface area contributed by atoms with Crippen molar-refractivity contribution < 1.29 is 27.5 Å². The zero-order valence-corrected chi connectivity index (χ0v) is 13.9. The lowest BCUT2D eigenvalue weighted by molar-refractivity contribution is -0.138. The normalized spacial score (nSPS) is 14.2. The van der Waals surface area contributed by atoms with E-state index in [1.165, 1.54) is 12.1 Å². The third-order valence-corrected chi connectivity index (χ3v) is 3.76. The maximum absolute atomic E-state index is 12.9. The summed E-state index contributed by atoms with van der Waals surface area (Å²) >= 11 is 9.72. The van der Waals surface area contributed by atoms with Crippen LogP contribution in [0.25, 0.3) is 0 Å². The second kappa shape index (κ2) is 6.98. The Bertz CT molecular complexity index is 746. The van der Waals surface area contributed by atoms with E-state index in [0.717, 1.165) is 12.1 Å². The Labute approximate surface area is 146 Å². The van der Waals surface area contributed by atoms with Gasteiger partial charge in [0.2, 0.25) is 0 Å². The first-order chi connectivity index (χ1) is 11.1. The van der Waals surface area contributed by atoms with Gasteiger partial charge in [0, 0.05) is 5.69 Å². The summed E-state index contributed by atoms with van der Waals surface area (Å²) in [5, 5.41) is 11.1. The first-order valence-corrected chi connectivity index (χ1v) is 7.63. The molecule has 0 amide bonds. The van der Waals surface area contributed by atoms with Crippen molar-refractivity contribution in [1.82, 2.24) is 0 Å². The molecule has 0 aliphatic carbocycles. The standard InChI is InChI=1S/C15H13ClF3NO3S/c1-7(24)11-4-5-12(23-11)13(14(21)22)20-8-2-3-10(16)9(6-8)15(17,18)19/h2-7,13,20,24H,1H3,(H,21,22). The van der Waals surface area contributed by atoms with Gasteiger partial charge in [-0.15, -0.1) is 0 Å². The van der Waals surface area contributed by atoms with Crippen molar-refractivity contribution in [1.29, 1.82) is 0 Å². The molecule has 0 spiro atoms. The van der Waals surface area contributed by atoms with Crippen molar-refractivity contribution in [3.8, 4) is 0 Å². The van der Waals surface area contributed by atoms with Gasteiger partial charge >= 0.3 is 12.1 Å². The van der Waals surface area contributed by atoms with Crippen LogP contribution in [0, 0.1) is 0 Å². The summed E-state index contributed by atoms with van der Waals surface area (Å²) in [6, 6.07) is 4.71. The lowest BCUT2D eigenvalue weighted by Crippen LogP contribution is -2.20. The summed E-state index contributed by atoms with van der Waals surface area (Å²) in [6.07, 6.45) is -4.65. The van der Waals surface area contributed by atoms with Crippen LogP contribution in [0.1, 0.15) is 35.3 Å². The van der Waals surface area contributed by atoms with E-state index in [1.807, 2.05) is 0 Å². The fraction of sp³-hybridized carbons (Fsp3) is 0.267. The average Bonchev–Trinajstić information content (AvgIpc) is 2.94. The van der Waals surface area contributed by atoms with Crippen LogP contribution in [0.3, 0.4) is 0 Å². The number of furan rings is 1. The molecule has 1 aromatic heterocycles. The number of carboxylic acid groups (broad SMARTS) is 1. The SMILES string of the molecule is CC(S)c1ccc(C(Nc2ccc(Cl)c(C(F)(F)F)c2)C(=O)O)o1. The molecule has 130 valence electrons. The number of hydrogen-bond acceptors (Lipinski definition) is 4. The van der Waals surface area contributed by atoms with Crippen LogP contribution in [0.15, 0.2) is 34.7 Å². The number of alkyl halides is 3. The molecule has 0 saturated heterocycles. The molecule has 2 N–H and O–H groups in total. The second-order valence-electron chi connectivity index (χ2n) is 5.02. The van der Waals surface area contributed by atoms with Gasteiger partial charge in [-0.1, -0.05) is 11.6 Å². The fourth-order valence-corrected chi connectivity index (χ4v) is 2.37. The van der Waals surface area contributed by atoms with Crippen molar-refractivity contribution in [3.63, 3.8) is 0 Å². The molecule has 0 aliphatic heterocycles. The highest BCUT2D eigenvalue weighted by atomic mass is 35.5. The molecule has 0 aliphatic rings. The first-order valence-electron chi connectivity index (χ1n) is 6.73. The summed E-state index contributed by atoms with van der Waals surface area (Å²) in [5.41, 5.74) is -1.10. The van der Waals surface area contributed by atoms with E-state index in [4.69, 9.17) is 16.0 Å². The quantitative estimate of drug-likeness (QED) is 0.626. The van der Waals surface area contributed by atoms with Crippen LogP contribution in [0.5, 0.6) is 0 Å². The number of hydrogen-bond donors (Lipinski definition) is 3. The maximum Gasteiger partial charge on any atom is 0.417 e. The van der Waals surface area contributed by atoms with Crippen LogP contribution >= 0.6 is 24.2 Å². The van der Waals surface area contributed by atoms with Crippen molar-refractivity contribution in [2.24, 2.45) is 0 Å². The van der Waals surface area contributed by atoms with E-state index in [-0.39, 0.29) is 16.7 Å². The Balaban J connectivity index is 2.33. The number of aliphatic carboxylic acids is 1. The summed E-state index contributed by atoms with van der Waals surface area (Å²) in [5.74, 6) is -0.790. The van der Waals surface area contributed by atoms with Gasteiger partial charge in [0.05, 0.1) is 15.8 Å². The third-order valence-electron chi connectivity index (χ3n) is 3.17. The predicted octanol–water partition coefficient (Wildman–Crippen LogP) is 5.18. The summed E-state index contributed by atoms with van der Waals surface area (Å²) in [7, 11) is 0. The van der Waals surface area contributed by atoms with Crippen LogP contribution in [-0.2, 0) is 11.0 Å². The zero-order chi connectivity index (χ0) is 18.1. The predicted molar refractivity (Wildman–Crippen MR) is 86.6 cm³/mol. The molecular formula is C15H13ClF3NO3S. The van der Waals surface area contributed by atoms with Gasteiger partial charge in [0.15, 0.2) is 6.04 Å². The Kier molecular flexibility index (Phi) is 5.39. The molecule has 0 radical (unpaired) electrons. The Morgan fingerprint density at radius 2 is 1.92 bits per heavy atom. The molecule has 2 rings (SSSR count). The van der Waals surface area contributed by atoms with Gasteiger partial charge in [-0.2, -0.15) is 25.8 Å². The number of halogens is 4. The van der Waals surface area contributed by atoms with Gasteiger partial charge < -0.3 is 14.8 Å². The topological polar surface area (TPSA) is 62.5 Å². The minimum absolute atomic E-state index is 0.0454. The van der Waals surface area contributed by atoms with Gasteiger partial charge in [-0.25, -0.2) is 4.79 Å². The highest BCUT2D eigenvalue weighted by molar-refractivity contribution is 7.80. The van der Waals surface area contributed by atoms with E-state index in [1.54, 1.807) is 13.0 Å². The molecule has 1 aromatic carbocycles. The number of carbonyl (C=O) groups is 1. The van der Waals surface area contributed by atoms with Gasteiger partial charge in [0.1, 0.15) is 11.5 Å². The number of nitrogens with one attached hydrogen (secondary N) is 1. The largest absolute Gasteiger partial charge is 0.479 e. The Hall–Kier alpha value is -1.80. The van der Waals surface area contributed by atoms with Crippen molar-refractivity contribution >= 4 is 35.9 Å². The molecule has 0 bridgehead atoms. The van der Waals surface area contributed by atoms with Crippen LogP contribution in [0.4, 0.5) is 18.9 Å². The van der Waals surface area contributed by atoms with Crippen molar-refractivity contribution in [2.75, 3.05) is 5.32 Å². The van der Waals surface area contributed by atoms with Crippen molar-refractivity contribution in [2.45, 2.75) is 24.4 Å². The molecule has 1 heterocycles. The number of carboxylic acids is 1. The molecule has 9 heteroatoms. The number of anilines is 1. The first kappa shape index (κ1) is 18.5. The highest BCUT2D eigenvalue weighted by Gasteiger charge is 2.34. The molecule has 2 aromatic rings. The van der Waals surface area contributed by atoms with E-state index in [2.05, 4.69) is 17.9 Å². The summed E-state index contributed by atoms with van der Waals surface area (Å²) in [4.78, 5) is 11.4. The monoisotopic (exact) mass is 379 g/mol. The summed E-state index contributed by atoms with van der Waals surface area (Å²) < 4.78 is 44.0. The van der Waals surface area contributed by atoms with Crippen LogP contribution < -0.4 is 5.32 Å². The van der Waals surface area contributed by atoms with E-state index < -0.39 is 28.8 Å². The molecule has 0 saturated carbocycles. The number of thiol groups is 1. The van der Waals surface area contributed by atoms with Gasteiger partial charge in [0.25, 0.3) is 0 Å².